The Bertz CT molecular complexity index is 317. The molecule has 1 aromatic carbocycles. The molecule has 0 unspecified atom stereocenters. The second kappa shape index (κ2) is 6.40. The van der Waals surface area contributed by atoms with Crippen LogP contribution in [0.4, 0.5) is 5.69 Å². The number of hydrogen-bond donors (Lipinski definition) is 1. The standard InChI is InChI=1S/C11H17BrN2S/c1-14(5-6-15-2)8-9-3-4-10(13)7-11(9)12/h3-4,7H,5-6,8,13H2,1-2H3. The van der Waals surface area contributed by atoms with Gasteiger partial charge in [0, 0.05) is 29.0 Å². The summed E-state index contributed by atoms with van der Waals surface area (Å²) in [4.78, 5) is 2.31. The first-order valence-electron chi connectivity index (χ1n) is 4.85. The van der Waals surface area contributed by atoms with Crippen molar-refractivity contribution >= 4 is 33.4 Å². The van der Waals surface area contributed by atoms with Crippen molar-refractivity contribution in [1.82, 2.24) is 4.90 Å². The van der Waals surface area contributed by atoms with Crippen LogP contribution in [0, 0.1) is 0 Å². The Morgan fingerprint density at radius 2 is 2.20 bits per heavy atom. The third kappa shape index (κ3) is 4.45. The summed E-state index contributed by atoms with van der Waals surface area (Å²) < 4.78 is 1.10. The van der Waals surface area contributed by atoms with Crippen molar-refractivity contribution in [2.75, 3.05) is 31.3 Å². The largest absolute Gasteiger partial charge is 0.399 e. The minimum Gasteiger partial charge on any atom is -0.399 e. The molecule has 0 spiro atoms. The molecule has 0 aliphatic carbocycles. The van der Waals surface area contributed by atoms with Gasteiger partial charge in [-0.1, -0.05) is 22.0 Å². The first kappa shape index (κ1) is 12.9. The number of benzene rings is 1. The first-order chi connectivity index (χ1) is 7.13. The summed E-state index contributed by atoms with van der Waals surface area (Å²) in [5.74, 6) is 1.17. The summed E-state index contributed by atoms with van der Waals surface area (Å²) in [5, 5.41) is 0. The maximum Gasteiger partial charge on any atom is 0.0325 e. The second-order valence-corrected chi connectivity index (χ2v) is 5.42. The summed E-state index contributed by atoms with van der Waals surface area (Å²) in [6.45, 7) is 2.07. The minimum atomic E-state index is 0.803. The van der Waals surface area contributed by atoms with E-state index in [0.29, 0.717) is 0 Å². The van der Waals surface area contributed by atoms with Crippen molar-refractivity contribution in [2.45, 2.75) is 6.54 Å². The zero-order valence-electron chi connectivity index (χ0n) is 9.16. The molecule has 0 saturated carbocycles. The Balaban J connectivity index is 2.56. The lowest BCUT2D eigenvalue weighted by Gasteiger charge is -2.17. The fourth-order valence-electron chi connectivity index (χ4n) is 1.31. The Morgan fingerprint density at radius 3 is 2.80 bits per heavy atom. The molecule has 0 amide bonds. The van der Waals surface area contributed by atoms with Crippen LogP contribution in [0.25, 0.3) is 0 Å². The van der Waals surface area contributed by atoms with Gasteiger partial charge in [0.2, 0.25) is 0 Å². The number of nitrogen functional groups attached to an aromatic ring is 1. The van der Waals surface area contributed by atoms with Crippen molar-refractivity contribution in [3.63, 3.8) is 0 Å². The molecule has 84 valence electrons. The van der Waals surface area contributed by atoms with Crippen LogP contribution in [0.1, 0.15) is 5.56 Å². The third-order valence-electron chi connectivity index (χ3n) is 2.19. The molecule has 0 aliphatic rings. The third-order valence-corrected chi connectivity index (χ3v) is 3.52. The molecule has 1 aromatic rings. The van der Waals surface area contributed by atoms with Crippen LogP contribution in [0.2, 0.25) is 0 Å². The molecule has 0 atom stereocenters. The molecule has 2 nitrogen and oxygen atoms in total. The van der Waals surface area contributed by atoms with Crippen molar-refractivity contribution in [3.8, 4) is 0 Å². The van der Waals surface area contributed by atoms with Crippen LogP contribution in [-0.2, 0) is 6.54 Å². The van der Waals surface area contributed by atoms with E-state index < -0.39 is 0 Å². The predicted molar refractivity (Wildman–Crippen MR) is 73.3 cm³/mol. The maximum atomic E-state index is 5.69. The molecule has 0 aromatic heterocycles. The van der Waals surface area contributed by atoms with E-state index in [-0.39, 0.29) is 0 Å². The molecule has 0 aliphatic heterocycles. The quantitative estimate of drug-likeness (QED) is 0.845. The number of anilines is 1. The zero-order valence-corrected chi connectivity index (χ0v) is 11.6. The van der Waals surface area contributed by atoms with Gasteiger partial charge in [-0.2, -0.15) is 11.8 Å². The number of rotatable bonds is 5. The van der Waals surface area contributed by atoms with Gasteiger partial charge in [-0.15, -0.1) is 0 Å². The van der Waals surface area contributed by atoms with Crippen LogP contribution in [0.3, 0.4) is 0 Å². The van der Waals surface area contributed by atoms with E-state index in [1.54, 1.807) is 0 Å². The topological polar surface area (TPSA) is 29.3 Å². The van der Waals surface area contributed by atoms with Gasteiger partial charge in [-0.05, 0) is 31.0 Å². The van der Waals surface area contributed by atoms with Crippen LogP contribution >= 0.6 is 27.7 Å². The summed E-state index contributed by atoms with van der Waals surface area (Å²) in [5.41, 5.74) is 7.78. The Kier molecular flexibility index (Phi) is 5.50. The van der Waals surface area contributed by atoms with Gasteiger partial charge in [-0.3, -0.25) is 0 Å². The van der Waals surface area contributed by atoms with Gasteiger partial charge in [0.1, 0.15) is 0 Å². The van der Waals surface area contributed by atoms with Crippen molar-refractivity contribution < 1.29 is 0 Å². The fraction of sp³-hybridized carbons (Fsp3) is 0.455. The molecular formula is C11H17BrN2S. The SMILES string of the molecule is CSCCN(C)Cc1ccc(N)cc1Br. The molecule has 0 saturated heterocycles. The lowest BCUT2D eigenvalue weighted by atomic mass is 10.2. The van der Waals surface area contributed by atoms with Gasteiger partial charge in [0.05, 0.1) is 0 Å². The first-order valence-corrected chi connectivity index (χ1v) is 7.03. The highest BCUT2D eigenvalue weighted by Gasteiger charge is 2.03. The van der Waals surface area contributed by atoms with E-state index in [1.807, 2.05) is 23.9 Å². The molecule has 0 heterocycles. The lowest BCUT2D eigenvalue weighted by molar-refractivity contribution is 0.348. The van der Waals surface area contributed by atoms with Gasteiger partial charge >= 0.3 is 0 Å². The van der Waals surface area contributed by atoms with E-state index in [2.05, 4.69) is 40.2 Å². The van der Waals surface area contributed by atoms with Gasteiger partial charge in [-0.25, -0.2) is 0 Å². The average molecular weight is 289 g/mol. The molecule has 0 bridgehead atoms. The molecule has 0 fully saturated rings. The lowest BCUT2D eigenvalue weighted by Crippen LogP contribution is -2.20. The van der Waals surface area contributed by atoms with E-state index >= 15 is 0 Å². The Morgan fingerprint density at radius 1 is 1.47 bits per heavy atom. The van der Waals surface area contributed by atoms with Crippen molar-refractivity contribution in [3.05, 3.63) is 28.2 Å². The van der Waals surface area contributed by atoms with E-state index in [4.69, 9.17) is 5.73 Å². The van der Waals surface area contributed by atoms with Crippen molar-refractivity contribution in [1.29, 1.82) is 0 Å². The van der Waals surface area contributed by atoms with E-state index in [1.165, 1.54) is 11.3 Å². The Labute approximate surface area is 104 Å². The highest BCUT2D eigenvalue weighted by atomic mass is 79.9. The van der Waals surface area contributed by atoms with Gasteiger partial charge in [0.25, 0.3) is 0 Å². The number of thioether (sulfide) groups is 1. The summed E-state index contributed by atoms with van der Waals surface area (Å²) in [6.07, 6.45) is 2.13. The van der Waals surface area contributed by atoms with Crippen LogP contribution in [0.15, 0.2) is 22.7 Å². The van der Waals surface area contributed by atoms with Gasteiger partial charge < -0.3 is 10.6 Å². The Hall–Kier alpha value is -0.190. The normalized spacial score (nSPS) is 10.9. The minimum absolute atomic E-state index is 0.803. The summed E-state index contributed by atoms with van der Waals surface area (Å²) in [7, 11) is 2.14. The molecule has 1 rings (SSSR count). The van der Waals surface area contributed by atoms with Crippen LogP contribution in [0.5, 0.6) is 0 Å². The van der Waals surface area contributed by atoms with Crippen molar-refractivity contribution in [2.24, 2.45) is 0 Å². The monoisotopic (exact) mass is 288 g/mol. The molecular weight excluding hydrogens is 272 g/mol. The zero-order chi connectivity index (χ0) is 11.3. The number of nitrogens with zero attached hydrogens (tertiary/aromatic N) is 1. The maximum absolute atomic E-state index is 5.69. The number of halogens is 1. The van der Waals surface area contributed by atoms with E-state index in [9.17, 15) is 0 Å². The smallest absolute Gasteiger partial charge is 0.0325 e. The summed E-state index contributed by atoms with van der Waals surface area (Å²) in [6, 6.07) is 5.98. The molecule has 2 N–H and O–H groups in total. The predicted octanol–water partition coefficient (Wildman–Crippen LogP) is 2.83. The highest BCUT2D eigenvalue weighted by Crippen LogP contribution is 2.20. The number of nitrogens with two attached hydrogens (primary N) is 1. The number of hydrogen-bond acceptors (Lipinski definition) is 3. The molecule has 15 heavy (non-hydrogen) atoms. The molecule has 4 heteroatoms. The summed E-state index contributed by atoms with van der Waals surface area (Å²) >= 11 is 5.41. The average Bonchev–Trinajstić information content (AvgIpc) is 2.19. The second-order valence-electron chi connectivity index (χ2n) is 3.58. The van der Waals surface area contributed by atoms with E-state index in [0.717, 1.165) is 23.2 Å². The fourth-order valence-corrected chi connectivity index (χ4v) is 2.32. The highest BCUT2D eigenvalue weighted by molar-refractivity contribution is 9.10. The van der Waals surface area contributed by atoms with Crippen LogP contribution in [-0.4, -0.2) is 30.5 Å². The molecule has 0 radical (unpaired) electrons. The van der Waals surface area contributed by atoms with Gasteiger partial charge in [0.15, 0.2) is 0 Å². The van der Waals surface area contributed by atoms with Crippen LogP contribution < -0.4 is 5.73 Å².